The first-order valence-corrected chi connectivity index (χ1v) is 5.96. The predicted octanol–water partition coefficient (Wildman–Crippen LogP) is -1.86. The van der Waals surface area contributed by atoms with E-state index >= 15 is 0 Å². The first-order chi connectivity index (χ1) is 5.11. The molecule has 11 heavy (non-hydrogen) atoms. The Morgan fingerprint density at radius 1 is 1.45 bits per heavy atom. The minimum atomic E-state index is -0.339. The standard InChI is InChI=1S/C6H11N2O2.Sr.H/c1-7-5(3-4-9)6(10)8-2;;/h5,7H,3H2,1-2H3,(H,8,10);;/t5-;;/m0../s1. The predicted molar refractivity (Wildman–Crippen MR) is 43.7 cm³/mol. The van der Waals surface area contributed by atoms with Gasteiger partial charge in [0.1, 0.15) is 0 Å². The molecule has 0 aromatic rings. The SMILES string of the molecule is CNC(=O)[C@H](C[C](=O)[SrH])NC. The van der Waals surface area contributed by atoms with Crippen LogP contribution in [0.1, 0.15) is 6.42 Å². The molecule has 0 bridgehead atoms. The van der Waals surface area contributed by atoms with Crippen molar-refractivity contribution < 1.29 is 9.59 Å². The average Bonchev–Trinajstić information content (AvgIpc) is 1.98. The van der Waals surface area contributed by atoms with Gasteiger partial charge in [-0.25, -0.2) is 0 Å². The van der Waals surface area contributed by atoms with E-state index in [1.807, 2.05) is 0 Å². The molecule has 60 valence electrons. The number of hydrogen-bond acceptors (Lipinski definition) is 3. The molecule has 2 N–H and O–H groups in total. The molecule has 0 fully saturated rings. The number of hydrogen-bond donors (Lipinski definition) is 2. The summed E-state index contributed by atoms with van der Waals surface area (Å²) >= 11 is 0.0220. The van der Waals surface area contributed by atoms with Crippen LogP contribution in [0.15, 0.2) is 0 Å². The Hall–Kier alpha value is 0.581. The average molecular weight is 232 g/mol. The Morgan fingerprint density at radius 3 is 2.27 bits per heavy atom. The Balaban J connectivity index is 3.94. The van der Waals surface area contributed by atoms with Crippen LogP contribution in [0.4, 0.5) is 0 Å². The molecule has 0 rings (SSSR count). The summed E-state index contributed by atoms with van der Waals surface area (Å²) in [5, 5.41) is 5.28. The summed E-state index contributed by atoms with van der Waals surface area (Å²) in [4.78, 5) is 21.7. The van der Waals surface area contributed by atoms with Crippen LogP contribution in [0.3, 0.4) is 0 Å². The number of nitrogens with one attached hydrogen (secondary N) is 2. The number of rotatable bonds is 4. The van der Waals surface area contributed by atoms with Crippen molar-refractivity contribution in [2.24, 2.45) is 0 Å². The first kappa shape index (κ1) is 11.6. The van der Waals surface area contributed by atoms with Crippen molar-refractivity contribution in [3.63, 3.8) is 0 Å². The number of carbonyl (C=O) groups is 2. The van der Waals surface area contributed by atoms with Crippen molar-refractivity contribution in [1.29, 1.82) is 0 Å². The third-order valence-corrected chi connectivity index (χ3v) is 2.41. The summed E-state index contributed by atoms with van der Waals surface area (Å²) in [6, 6.07) is -0.339. The zero-order valence-electron chi connectivity index (χ0n) is 7.10. The zero-order chi connectivity index (χ0) is 8.85. The van der Waals surface area contributed by atoms with Crippen molar-refractivity contribution in [3.8, 4) is 0 Å². The molecule has 0 unspecified atom stereocenters. The second-order valence-electron chi connectivity index (χ2n) is 2.36. The van der Waals surface area contributed by atoms with Gasteiger partial charge in [0, 0.05) is 0 Å². The molecule has 0 aromatic heterocycles. The molecule has 5 heteroatoms. The van der Waals surface area contributed by atoms with E-state index in [1.54, 1.807) is 14.1 Å². The van der Waals surface area contributed by atoms with Gasteiger partial charge in [0.05, 0.1) is 0 Å². The van der Waals surface area contributed by atoms with Crippen LogP contribution in [0, 0.1) is 0 Å². The summed E-state index contributed by atoms with van der Waals surface area (Å²) in [6.07, 6.45) is 0.340. The van der Waals surface area contributed by atoms with E-state index in [-0.39, 0.29) is 56.0 Å². The van der Waals surface area contributed by atoms with Crippen molar-refractivity contribution in [3.05, 3.63) is 0 Å². The monoisotopic (exact) mass is 232 g/mol. The molecule has 4 nitrogen and oxygen atoms in total. The molecule has 0 saturated heterocycles. The fourth-order valence-electron chi connectivity index (χ4n) is 0.788. The normalized spacial score (nSPS) is 12.1. The molecule has 1 atom stereocenters. The van der Waals surface area contributed by atoms with E-state index in [1.165, 1.54) is 0 Å². The molecule has 0 aliphatic carbocycles. The van der Waals surface area contributed by atoms with Gasteiger partial charge >= 0.3 is 96.7 Å². The van der Waals surface area contributed by atoms with Crippen molar-refractivity contribution in [1.82, 2.24) is 10.6 Å². The van der Waals surface area contributed by atoms with E-state index in [4.69, 9.17) is 0 Å². The Labute approximate surface area is 95.6 Å². The molecule has 0 spiro atoms. The van der Waals surface area contributed by atoms with Gasteiger partial charge in [-0.05, 0) is 0 Å². The maximum atomic E-state index is 11.0. The van der Waals surface area contributed by atoms with Crippen LogP contribution in [0.25, 0.3) is 0 Å². The van der Waals surface area contributed by atoms with Crippen molar-refractivity contribution in [2.75, 3.05) is 14.1 Å². The van der Waals surface area contributed by atoms with Crippen molar-refractivity contribution >= 4 is 49.9 Å². The van der Waals surface area contributed by atoms with Crippen LogP contribution in [-0.4, -0.2) is 70.0 Å². The van der Waals surface area contributed by atoms with E-state index in [0.717, 1.165) is 0 Å². The molecule has 1 amide bonds. The first-order valence-electron chi connectivity index (χ1n) is 3.50. The second-order valence-corrected chi connectivity index (χ2v) is 5.10. The molecule has 0 aliphatic rings. The van der Waals surface area contributed by atoms with Gasteiger partial charge < -0.3 is 0 Å². The minimum absolute atomic E-state index is 0.0220. The third-order valence-electron chi connectivity index (χ3n) is 1.40. The summed E-state index contributed by atoms with van der Waals surface area (Å²) in [5.41, 5.74) is 0. The van der Waals surface area contributed by atoms with Gasteiger partial charge in [-0.2, -0.15) is 0 Å². The zero-order valence-corrected chi connectivity index (χ0v) is 12.0. The van der Waals surface area contributed by atoms with Gasteiger partial charge in [-0.3, -0.25) is 0 Å². The number of likely N-dealkylation sites (N-methyl/N-ethyl adjacent to an activating group) is 2. The fraction of sp³-hybridized carbons (Fsp3) is 0.667. The number of carbonyl (C=O) groups excluding carboxylic acids is 2. The van der Waals surface area contributed by atoms with Crippen LogP contribution >= 0.6 is 0 Å². The summed E-state index contributed by atoms with van der Waals surface area (Å²) in [6.45, 7) is 0. The second kappa shape index (κ2) is 6.14. The molecule has 0 radical (unpaired) electrons. The van der Waals surface area contributed by atoms with Gasteiger partial charge in [0.15, 0.2) is 0 Å². The summed E-state index contributed by atoms with van der Waals surface area (Å²) in [7, 11) is 3.24. The van der Waals surface area contributed by atoms with Crippen LogP contribution < -0.4 is 10.6 Å². The Kier molecular flexibility index (Phi) is 6.46. The fourth-order valence-corrected chi connectivity index (χ4v) is 1.79. The number of amides is 1. The maximum absolute atomic E-state index is 11.0. The topological polar surface area (TPSA) is 58.2 Å². The van der Waals surface area contributed by atoms with Crippen molar-refractivity contribution in [2.45, 2.75) is 12.5 Å². The Morgan fingerprint density at radius 2 is 2.00 bits per heavy atom. The van der Waals surface area contributed by atoms with E-state index in [2.05, 4.69) is 10.6 Å². The third kappa shape index (κ3) is 4.92. The van der Waals surface area contributed by atoms with E-state index in [9.17, 15) is 9.59 Å². The van der Waals surface area contributed by atoms with E-state index in [0.29, 0.717) is 6.42 Å². The van der Waals surface area contributed by atoms with Gasteiger partial charge in [-0.15, -0.1) is 0 Å². The molecule has 0 aliphatic heterocycles. The van der Waals surface area contributed by atoms with E-state index < -0.39 is 0 Å². The van der Waals surface area contributed by atoms with Crippen LogP contribution in [0.5, 0.6) is 0 Å². The molecule has 0 aromatic carbocycles. The summed E-state index contributed by atoms with van der Waals surface area (Å²) < 4.78 is 0.217. The summed E-state index contributed by atoms with van der Waals surface area (Å²) in [5.74, 6) is -0.117. The van der Waals surface area contributed by atoms with Gasteiger partial charge in [-0.1, -0.05) is 0 Å². The Bertz CT molecular complexity index is 161. The van der Waals surface area contributed by atoms with Gasteiger partial charge in [0.25, 0.3) is 0 Å². The molecule has 0 saturated carbocycles. The molecule has 0 heterocycles. The quantitative estimate of drug-likeness (QED) is 0.558. The molecular weight excluding hydrogens is 220 g/mol. The van der Waals surface area contributed by atoms with Gasteiger partial charge in [0.2, 0.25) is 0 Å². The van der Waals surface area contributed by atoms with Crippen LogP contribution in [0.2, 0.25) is 0 Å². The molecular formula is C6H12N2O2Sr. The van der Waals surface area contributed by atoms with Crippen LogP contribution in [-0.2, 0) is 9.59 Å².